The van der Waals surface area contributed by atoms with E-state index in [-0.39, 0.29) is 0 Å². The molecule has 0 bridgehead atoms. The van der Waals surface area contributed by atoms with E-state index in [4.69, 9.17) is 11.6 Å². The van der Waals surface area contributed by atoms with Crippen LogP contribution in [0, 0.1) is 0 Å². The summed E-state index contributed by atoms with van der Waals surface area (Å²) in [4.78, 5) is 15.1. The summed E-state index contributed by atoms with van der Waals surface area (Å²) in [6.07, 6.45) is 4.73. The smallest absolute Gasteiger partial charge is 0.247 e. The van der Waals surface area contributed by atoms with Gasteiger partial charge in [-0.15, -0.1) is 0 Å². The van der Waals surface area contributed by atoms with E-state index >= 15 is 0 Å². The molecule has 1 heterocycles. The van der Waals surface area contributed by atoms with Gasteiger partial charge in [0, 0.05) is 29.5 Å². The summed E-state index contributed by atoms with van der Waals surface area (Å²) in [6.45, 7) is 3.65. The van der Waals surface area contributed by atoms with Crippen LogP contribution in [0.3, 0.4) is 0 Å². The van der Waals surface area contributed by atoms with Crippen LogP contribution in [0.25, 0.3) is 0 Å². The number of anilines is 3. The lowest BCUT2D eigenvalue weighted by Crippen LogP contribution is -2.45. The molecule has 1 aliphatic heterocycles. The number of piperidine rings is 1. The first kappa shape index (κ1) is 21.5. The fraction of sp³-hybridized carbons (Fsp3) is 0.381. The third-order valence-electron chi connectivity index (χ3n) is 5.01. The van der Waals surface area contributed by atoms with Crippen LogP contribution in [0.2, 0.25) is 5.02 Å². The number of carbonyl (C=O) groups excluding carboxylic acids is 1. The number of hydrogen-bond donors (Lipinski definition) is 1. The van der Waals surface area contributed by atoms with Crippen LogP contribution >= 0.6 is 11.6 Å². The number of sulfonamides is 1. The zero-order valence-corrected chi connectivity index (χ0v) is 18.2. The summed E-state index contributed by atoms with van der Waals surface area (Å²) in [5.74, 6) is -0.416. The Hall–Kier alpha value is -2.25. The van der Waals surface area contributed by atoms with Crippen LogP contribution in [-0.4, -0.2) is 39.7 Å². The van der Waals surface area contributed by atoms with Gasteiger partial charge in [-0.2, -0.15) is 0 Å². The van der Waals surface area contributed by atoms with E-state index in [1.807, 2.05) is 24.3 Å². The number of amides is 1. The van der Waals surface area contributed by atoms with Crippen LogP contribution in [0.4, 0.5) is 17.1 Å². The minimum atomic E-state index is -3.69. The minimum absolute atomic E-state index is 0.350. The molecule has 6 nitrogen and oxygen atoms in total. The Bertz CT molecular complexity index is 957. The summed E-state index contributed by atoms with van der Waals surface area (Å²) in [7, 11) is -3.69. The molecule has 0 radical (unpaired) electrons. The minimum Gasteiger partial charge on any atom is -0.372 e. The van der Waals surface area contributed by atoms with Crippen LogP contribution in [0.1, 0.15) is 26.2 Å². The number of carbonyl (C=O) groups is 1. The fourth-order valence-corrected chi connectivity index (χ4v) is 4.93. The number of benzene rings is 2. The highest BCUT2D eigenvalue weighted by Crippen LogP contribution is 2.25. The van der Waals surface area contributed by atoms with Crippen molar-refractivity contribution in [2.75, 3.05) is 33.9 Å². The molecule has 1 saturated heterocycles. The van der Waals surface area contributed by atoms with Gasteiger partial charge in [0.2, 0.25) is 15.9 Å². The van der Waals surface area contributed by atoms with Crippen molar-refractivity contribution in [1.29, 1.82) is 0 Å². The molecule has 0 aliphatic carbocycles. The number of hydrogen-bond acceptors (Lipinski definition) is 4. The molecule has 0 saturated carbocycles. The highest BCUT2D eigenvalue weighted by Gasteiger charge is 2.29. The van der Waals surface area contributed by atoms with Crippen molar-refractivity contribution in [3.05, 3.63) is 53.6 Å². The highest BCUT2D eigenvalue weighted by atomic mass is 35.5. The molecule has 1 aliphatic rings. The van der Waals surface area contributed by atoms with E-state index < -0.39 is 22.0 Å². The van der Waals surface area contributed by atoms with Gasteiger partial charge in [-0.1, -0.05) is 17.7 Å². The second-order valence-corrected chi connectivity index (χ2v) is 9.59. The molecule has 2 aromatic carbocycles. The van der Waals surface area contributed by atoms with Crippen molar-refractivity contribution in [2.24, 2.45) is 0 Å². The average Bonchev–Trinajstić information content (AvgIpc) is 2.68. The Morgan fingerprint density at radius 3 is 2.34 bits per heavy atom. The number of halogens is 1. The standard InChI is InChI=1S/C21H26ClN3O3S/c1-16(25(29(2,27)28)20-8-6-7-17(22)15-20)21(26)23-18-9-11-19(12-10-18)24-13-4-3-5-14-24/h6-12,15-16H,3-5,13-14H2,1-2H3,(H,23,26)/t16-/m0/s1. The van der Waals surface area contributed by atoms with Gasteiger partial charge in [0.15, 0.2) is 0 Å². The number of nitrogens with one attached hydrogen (secondary N) is 1. The Morgan fingerprint density at radius 2 is 1.76 bits per heavy atom. The van der Waals surface area contributed by atoms with E-state index in [0.717, 1.165) is 29.3 Å². The lowest BCUT2D eigenvalue weighted by molar-refractivity contribution is -0.116. The van der Waals surface area contributed by atoms with Crippen LogP contribution < -0.4 is 14.5 Å². The second kappa shape index (κ2) is 9.05. The van der Waals surface area contributed by atoms with Crippen molar-refractivity contribution >= 4 is 44.6 Å². The van der Waals surface area contributed by atoms with Crippen LogP contribution in [-0.2, 0) is 14.8 Å². The molecule has 0 spiro atoms. The molecule has 1 amide bonds. The largest absolute Gasteiger partial charge is 0.372 e. The first-order valence-electron chi connectivity index (χ1n) is 9.66. The molecule has 1 atom stereocenters. The second-order valence-electron chi connectivity index (χ2n) is 7.30. The van der Waals surface area contributed by atoms with Gasteiger partial charge in [0.1, 0.15) is 6.04 Å². The van der Waals surface area contributed by atoms with Gasteiger partial charge in [-0.25, -0.2) is 8.42 Å². The normalized spacial score (nSPS) is 15.6. The van der Waals surface area contributed by atoms with Gasteiger partial charge in [-0.3, -0.25) is 9.10 Å². The average molecular weight is 436 g/mol. The molecular formula is C21H26ClN3O3S. The van der Waals surface area contributed by atoms with Crippen molar-refractivity contribution in [3.8, 4) is 0 Å². The van der Waals surface area contributed by atoms with Crippen molar-refractivity contribution in [3.63, 3.8) is 0 Å². The quantitative estimate of drug-likeness (QED) is 0.740. The SMILES string of the molecule is C[C@@H](C(=O)Nc1ccc(N2CCCCC2)cc1)N(c1cccc(Cl)c1)S(C)(=O)=O. The number of nitrogens with zero attached hydrogens (tertiary/aromatic N) is 2. The summed E-state index contributed by atoms with van der Waals surface area (Å²) < 4.78 is 25.8. The Morgan fingerprint density at radius 1 is 1.10 bits per heavy atom. The molecule has 8 heteroatoms. The molecule has 1 fully saturated rings. The third-order valence-corrected chi connectivity index (χ3v) is 6.48. The maximum atomic E-state index is 12.8. The van der Waals surface area contributed by atoms with Crippen molar-refractivity contribution in [2.45, 2.75) is 32.2 Å². The Labute approximate surface area is 177 Å². The summed E-state index contributed by atoms with van der Waals surface area (Å²) in [6, 6.07) is 13.2. The van der Waals surface area contributed by atoms with E-state index in [0.29, 0.717) is 16.4 Å². The van der Waals surface area contributed by atoms with E-state index in [2.05, 4.69) is 10.2 Å². The number of rotatable bonds is 6. The molecular weight excluding hydrogens is 410 g/mol. The van der Waals surface area contributed by atoms with E-state index in [9.17, 15) is 13.2 Å². The summed E-state index contributed by atoms with van der Waals surface area (Å²) in [5.41, 5.74) is 2.11. The maximum Gasteiger partial charge on any atom is 0.247 e. The highest BCUT2D eigenvalue weighted by molar-refractivity contribution is 7.92. The Kier molecular flexibility index (Phi) is 6.70. The molecule has 0 aromatic heterocycles. The molecule has 156 valence electrons. The van der Waals surface area contributed by atoms with Crippen LogP contribution in [0.15, 0.2) is 48.5 Å². The van der Waals surface area contributed by atoms with Gasteiger partial charge < -0.3 is 10.2 Å². The fourth-order valence-electron chi connectivity index (χ4n) is 3.58. The molecule has 29 heavy (non-hydrogen) atoms. The van der Waals surface area contributed by atoms with Crippen molar-refractivity contribution < 1.29 is 13.2 Å². The molecule has 1 N–H and O–H groups in total. The van der Waals surface area contributed by atoms with Gasteiger partial charge >= 0.3 is 0 Å². The molecule has 2 aromatic rings. The van der Waals surface area contributed by atoms with E-state index in [1.165, 1.54) is 25.3 Å². The summed E-state index contributed by atoms with van der Waals surface area (Å²) in [5, 5.41) is 3.21. The zero-order chi connectivity index (χ0) is 21.0. The lowest BCUT2D eigenvalue weighted by Gasteiger charge is -2.29. The summed E-state index contributed by atoms with van der Waals surface area (Å²) >= 11 is 6.01. The first-order valence-corrected chi connectivity index (χ1v) is 11.9. The van der Waals surface area contributed by atoms with Crippen LogP contribution in [0.5, 0.6) is 0 Å². The molecule has 3 rings (SSSR count). The first-order chi connectivity index (χ1) is 13.8. The molecule has 0 unspecified atom stereocenters. The lowest BCUT2D eigenvalue weighted by atomic mass is 10.1. The predicted molar refractivity (Wildman–Crippen MR) is 119 cm³/mol. The third kappa shape index (κ3) is 5.42. The predicted octanol–water partition coefficient (Wildman–Crippen LogP) is 4.12. The Balaban J connectivity index is 1.74. The van der Waals surface area contributed by atoms with E-state index in [1.54, 1.807) is 25.1 Å². The monoisotopic (exact) mass is 435 g/mol. The van der Waals surface area contributed by atoms with Gasteiger partial charge in [-0.05, 0) is 68.7 Å². The maximum absolute atomic E-state index is 12.8. The topological polar surface area (TPSA) is 69.7 Å². The van der Waals surface area contributed by atoms with Gasteiger partial charge in [0.05, 0.1) is 11.9 Å². The van der Waals surface area contributed by atoms with Gasteiger partial charge in [0.25, 0.3) is 0 Å². The zero-order valence-electron chi connectivity index (χ0n) is 16.6. The van der Waals surface area contributed by atoms with Crippen molar-refractivity contribution in [1.82, 2.24) is 0 Å².